The van der Waals surface area contributed by atoms with Crippen molar-refractivity contribution in [1.29, 1.82) is 0 Å². The molecule has 0 saturated heterocycles. The Bertz CT molecular complexity index is 1380. The summed E-state index contributed by atoms with van der Waals surface area (Å²) < 4.78 is 0. The van der Waals surface area contributed by atoms with Gasteiger partial charge >= 0.3 is 0 Å². The van der Waals surface area contributed by atoms with Crippen molar-refractivity contribution >= 4 is 34.4 Å². The molecule has 150 valence electrons. The maximum atomic E-state index is 12.0. The van der Waals surface area contributed by atoms with Crippen LogP contribution >= 0.6 is 0 Å². The smallest absolute Gasteiger partial charge is 0.271 e. The molecule has 1 amide bonds. The summed E-state index contributed by atoms with van der Waals surface area (Å²) in [5, 5.41) is 15.5. The molecule has 1 aliphatic carbocycles. The van der Waals surface area contributed by atoms with Gasteiger partial charge in [0, 0.05) is 29.7 Å². The van der Waals surface area contributed by atoms with E-state index in [1.807, 2.05) is 0 Å². The quantitative estimate of drug-likeness (QED) is 0.321. The number of primary amides is 1. The highest BCUT2D eigenvalue weighted by molar-refractivity contribution is 6.06. The number of Topliss-reactive ketones (excluding diaryl/α,β-unsaturated/α-hetero) is 1. The van der Waals surface area contributed by atoms with Crippen LogP contribution in [0, 0.1) is 0 Å². The van der Waals surface area contributed by atoms with Crippen LogP contribution in [0.1, 0.15) is 28.0 Å². The second-order valence-electron chi connectivity index (χ2n) is 6.89. The van der Waals surface area contributed by atoms with Crippen LogP contribution in [0.25, 0.3) is 22.3 Å². The Morgan fingerprint density at radius 3 is 2.83 bits per heavy atom. The number of aromatic nitrogens is 7. The van der Waals surface area contributed by atoms with Crippen LogP contribution in [0.4, 0.5) is 11.8 Å². The van der Waals surface area contributed by atoms with Gasteiger partial charge in [-0.05, 0) is 18.6 Å². The number of aromatic amines is 3. The number of nitrogens with zero attached hydrogens (tertiary/aromatic N) is 4. The fourth-order valence-corrected chi connectivity index (χ4v) is 3.54. The van der Waals surface area contributed by atoms with Crippen LogP contribution in [0.3, 0.4) is 0 Å². The zero-order valence-electron chi connectivity index (χ0n) is 15.4. The number of amides is 1. The van der Waals surface area contributed by atoms with Crippen molar-refractivity contribution in [3.63, 3.8) is 0 Å². The van der Waals surface area contributed by atoms with Crippen LogP contribution < -0.4 is 16.6 Å². The number of ketones is 1. The molecule has 0 aliphatic heterocycles. The van der Waals surface area contributed by atoms with Crippen molar-refractivity contribution in [2.75, 3.05) is 5.32 Å². The number of nitrogens with two attached hydrogens (primary N) is 1. The number of hydrogen-bond donors (Lipinski definition) is 5. The lowest BCUT2D eigenvalue weighted by atomic mass is 9.96. The molecule has 6 N–H and O–H groups in total. The molecule has 5 rings (SSSR count). The predicted molar refractivity (Wildman–Crippen MR) is 105 cm³/mol. The van der Waals surface area contributed by atoms with Crippen LogP contribution in [-0.2, 0) is 17.6 Å². The number of carbonyl (C=O) groups is 2. The van der Waals surface area contributed by atoms with E-state index in [4.69, 9.17) is 5.73 Å². The molecule has 4 aromatic rings. The summed E-state index contributed by atoms with van der Waals surface area (Å²) in [6, 6.07) is 3.08. The third-order valence-corrected chi connectivity index (χ3v) is 4.99. The first-order valence-corrected chi connectivity index (χ1v) is 9.08. The Balaban J connectivity index is 1.53. The normalized spacial score (nSPS) is 13.4. The summed E-state index contributed by atoms with van der Waals surface area (Å²) in [6.07, 6.45) is 2.68. The molecule has 0 radical (unpaired) electrons. The van der Waals surface area contributed by atoms with Crippen molar-refractivity contribution in [2.45, 2.75) is 19.3 Å². The Morgan fingerprint density at radius 1 is 1.13 bits per heavy atom. The van der Waals surface area contributed by atoms with Gasteiger partial charge in [0.2, 0.25) is 5.95 Å². The van der Waals surface area contributed by atoms with Gasteiger partial charge in [-0.15, -0.1) is 0 Å². The monoisotopic (exact) mass is 405 g/mol. The van der Waals surface area contributed by atoms with Gasteiger partial charge in [-0.2, -0.15) is 10.1 Å². The number of benzene rings is 1. The molecule has 3 heterocycles. The number of H-pyrrole nitrogens is 3. The lowest BCUT2D eigenvalue weighted by Crippen LogP contribution is -2.13. The van der Waals surface area contributed by atoms with Crippen LogP contribution in [0.2, 0.25) is 0 Å². The number of rotatable bonds is 4. The predicted octanol–water partition coefficient (Wildman–Crippen LogP) is 0.332. The Morgan fingerprint density at radius 2 is 2.00 bits per heavy atom. The Kier molecular flexibility index (Phi) is 3.91. The first-order chi connectivity index (χ1) is 14.5. The second kappa shape index (κ2) is 6.62. The zero-order chi connectivity index (χ0) is 20.8. The van der Waals surface area contributed by atoms with Gasteiger partial charge in [0.15, 0.2) is 11.6 Å². The summed E-state index contributed by atoms with van der Waals surface area (Å²) in [7, 11) is 0. The minimum Gasteiger partial charge on any atom is -0.366 e. The first kappa shape index (κ1) is 17.7. The molecule has 12 nitrogen and oxygen atoms in total. The average Bonchev–Trinajstić information content (AvgIpc) is 3.30. The van der Waals surface area contributed by atoms with Gasteiger partial charge in [0.1, 0.15) is 12.1 Å². The van der Waals surface area contributed by atoms with Crippen molar-refractivity contribution in [2.24, 2.45) is 5.73 Å². The van der Waals surface area contributed by atoms with Crippen molar-refractivity contribution < 1.29 is 9.59 Å². The van der Waals surface area contributed by atoms with E-state index in [0.717, 1.165) is 11.3 Å². The van der Waals surface area contributed by atoms with E-state index in [1.165, 1.54) is 12.4 Å². The zero-order valence-corrected chi connectivity index (χ0v) is 15.4. The summed E-state index contributed by atoms with van der Waals surface area (Å²) in [6.45, 7) is 0. The van der Waals surface area contributed by atoms with Crippen LogP contribution in [-0.4, -0.2) is 47.0 Å². The minimum atomic E-state index is -0.692. The third kappa shape index (κ3) is 2.90. The van der Waals surface area contributed by atoms with Crippen molar-refractivity contribution in [3.05, 3.63) is 45.6 Å². The highest BCUT2D eigenvalue weighted by atomic mass is 16.1. The van der Waals surface area contributed by atoms with Crippen molar-refractivity contribution in [3.8, 4) is 11.4 Å². The van der Waals surface area contributed by atoms with Gasteiger partial charge in [0.25, 0.3) is 11.5 Å². The molecular formula is C18H15N9O3. The first-order valence-electron chi connectivity index (χ1n) is 9.08. The number of hydrogen-bond acceptors (Lipinski definition) is 8. The van der Waals surface area contributed by atoms with Crippen LogP contribution in [0.5, 0.6) is 0 Å². The molecule has 1 aliphatic rings. The molecule has 30 heavy (non-hydrogen) atoms. The van der Waals surface area contributed by atoms with Gasteiger partial charge < -0.3 is 11.1 Å². The largest absolute Gasteiger partial charge is 0.366 e. The maximum absolute atomic E-state index is 12.0. The highest BCUT2D eigenvalue weighted by Crippen LogP contribution is 2.27. The molecule has 3 aromatic heterocycles. The molecule has 0 fully saturated rings. The Labute approximate surface area is 167 Å². The number of nitrogens with one attached hydrogen (secondary N) is 4. The third-order valence-electron chi connectivity index (χ3n) is 4.99. The van der Waals surface area contributed by atoms with Crippen molar-refractivity contribution in [1.82, 2.24) is 35.3 Å². The lowest BCUT2D eigenvalue weighted by molar-refractivity contribution is -0.118. The number of carbonyl (C=O) groups excluding carboxylic acids is 2. The second-order valence-corrected chi connectivity index (χ2v) is 6.89. The van der Waals surface area contributed by atoms with E-state index in [9.17, 15) is 14.4 Å². The van der Waals surface area contributed by atoms with Gasteiger partial charge in [0.05, 0.1) is 16.5 Å². The summed E-state index contributed by atoms with van der Waals surface area (Å²) in [4.78, 5) is 48.1. The summed E-state index contributed by atoms with van der Waals surface area (Å²) in [5.74, 6) is 0.500. The van der Waals surface area contributed by atoms with E-state index in [0.29, 0.717) is 36.2 Å². The molecular weight excluding hydrogens is 390 g/mol. The summed E-state index contributed by atoms with van der Waals surface area (Å²) in [5.41, 5.74) is 7.67. The van der Waals surface area contributed by atoms with Gasteiger partial charge in [-0.1, -0.05) is 0 Å². The van der Waals surface area contributed by atoms with Gasteiger partial charge in [-0.3, -0.25) is 29.7 Å². The number of fused-ring (bicyclic) bond motifs is 2. The fraction of sp³-hybridized carbons (Fsp3) is 0.167. The van der Waals surface area contributed by atoms with E-state index in [-0.39, 0.29) is 34.1 Å². The molecule has 0 bridgehead atoms. The molecule has 0 saturated carbocycles. The average molecular weight is 405 g/mol. The maximum Gasteiger partial charge on any atom is 0.271 e. The lowest BCUT2D eigenvalue weighted by Gasteiger charge is -2.11. The topological polar surface area (TPSA) is 188 Å². The SMILES string of the molecule is NC(=O)c1cc(-c2ncnc(Nc3n[nH]c4c3CCC(=O)C4)n2)cc2c(=O)[nH][nH]c12. The van der Waals surface area contributed by atoms with E-state index in [2.05, 4.69) is 40.7 Å². The molecule has 1 aromatic carbocycles. The number of anilines is 2. The minimum absolute atomic E-state index is 0.141. The van der Waals surface area contributed by atoms with Crippen LogP contribution in [0.15, 0.2) is 23.3 Å². The summed E-state index contributed by atoms with van der Waals surface area (Å²) >= 11 is 0. The van der Waals surface area contributed by atoms with E-state index >= 15 is 0 Å². The molecule has 12 heteroatoms. The van der Waals surface area contributed by atoms with Gasteiger partial charge in [-0.25, -0.2) is 9.97 Å². The molecule has 0 atom stereocenters. The molecule has 0 unspecified atom stereocenters. The highest BCUT2D eigenvalue weighted by Gasteiger charge is 2.22. The standard InChI is InChI=1S/C18H15N9O3/c19-14(29)10-3-7(4-11-13(10)25-27-17(11)30)15-20-6-21-18(22-15)23-16-9-2-1-8(28)5-12(9)24-26-16/h3-4,6H,1-2,5H2,(H2,19,29)(H2,25,27,30)(H2,20,21,22,23,24,26). The van der Waals surface area contributed by atoms with E-state index < -0.39 is 5.91 Å². The van der Waals surface area contributed by atoms with E-state index in [1.54, 1.807) is 6.07 Å². The fourth-order valence-electron chi connectivity index (χ4n) is 3.54. The Hall–Kier alpha value is -4.35. The molecule has 0 spiro atoms.